The zero-order valence-electron chi connectivity index (χ0n) is 20.6. The fourth-order valence-corrected chi connectivity index (χ4v) is 4.17. The van der Waals surface area contributed by atoms with Crippen molar-refractivity contribution in [2.24, 2.45) is 0 Å². The Hall–Kier alpha value is -3.63. The summed E-state index contributed by atoms with van der Waals surface area (Å²) in [4.78, 5) is 25.2. The van der Waals surface area contributed by atoms with Crippen LogP contribution in [0.5, 0.6) is 5.75 Å². The number of allylic oxidation sites excluding steroid dienone is 1. The van der Waals surface area contributed by atoms with Gasteiger partial charge in [-0.1, -0.05) is 43.8 Å². The van der Waals surface area contributed by atoms with E-state index in [0.29, 0.717) is 34.8 Å². The molecule has 0 bridgehead atoms. The maximum Gasteiger partial charge on any atom is 0.251 e. The van der Waals surface area contributed by atoms with E-state index in [1.165, 1.54) is 17.3 Å². The Morgan fingerprint density at radius 3 is 2.42 bits per heavy atom. The first-order chi connectivity index (χ1) is 17.4. The van der Waals surface area contributed by atoms with Crippen molar-refractivity contribution in [1.82, 2.24) is 20.1 Å². The number of carbonyl (C=O) groups excluding carboxylic acids is 2. The number of hydrogen-bond acceptors (Lipinski definition) is 7. The zero-order chi connectivity index (χ0) is 26.1. The van der Waals surface area contributed by atoms with Gasteiger partial charge in [0.15, 0.2) is 11.0 Å². The van der Waals surface area contributed by atoms with Crippen molar-refractivity contribution < 1.29 is 19.4 Å². The molecule has 3 rings (SSSR count). The van der Waals surface area contributed by atoms with E-state index in [2.05, 4.69) is 41.3 Å². The number of aliphatic hydroxyl groups is 1. The molecule has 0 fully saturated rings. The van der Waals surface area contributed by atoms with Crippen molar-refractivity contribution in [3.8, 4) is 5.75 Å². The second kappa shape index (κ2) is 12.9. The highest BCUT2D eigenvalue weighted by molar-refractivity contribution is 7.99. The Kier molecular flexibility index (Phi) is 9.66. The van der Waals surface area contributed by atoms with E-state index in [9.17, 15) is 14.7 Å². The van der Waals surface area contributed by atoms with Gasteiger partial charge in [0.25, 0.3) is 5.91 Å². The van der Waals surface area contributed by atoms with Crippen LogP contribution in [0.25, 0.3) is 0 Å². The van der Waals surface area contributed by atoms with E-state index >= 15 is 0 Å². The van der Waals surface area contributed by atoms with Crippen molar-refractivity contribution in [3.63, 3.8) is 0 Å². The van der Waals surface area contributed by atoms with Crippen molar-refractivity contribution in [2.45, 2.75) is 37.5 Å². The summed E-state index contributed by atoms with van der Waals surface area (Å²) in [5.74, 6) is 0.976. The van der Waals surface area contributed by atoms with Gasteiger partial charge in [0, 0.05) is 17.8 Å². The fraction of sp³-hybridized carbons (Fsp3) is 0.308. The molecule has 0 saturated carbocycles. The number of ether oxygens (including phenoxy) is 1. The molecule has 2 amide bonds. The molecule has 0 spiro atoms. The summed E-state index contributed by atoms with van der Waals surface area (Å²) in [7, 11) is 1.55. The third kappa shape index (κ3) is 6.96. The van der Waals surface area contributed by atoms with Crippen molar-refractivity contribution in [3.05, 3.63) is 78.1 Å². The van der Waals surface area contributed by atoms with Gasteiger partial charge in [-0.2, -0.15) is 0 Å². The lowest BCUT2D eigenvalue weighted by Crippen LogP contribution is -2.33. The molecule has 1 heterocycles. The van der Waals surface area contributed by atoms with Gasteiger partial charge in [0.2, 0.25) is 5.91 Å². The van der Waals surface area contributed by atoms with Crippen LogP contribution in [0, 0.1) is 0 Å². The molecule has 36 heavy (non-hydrogen) atoms. The number of aliphatic hydroxyl groups excluding tert-OH is 1. The van der Waals surface area contributed by atoms with Crippen LogP contribution in [-0.4, -0.2) is 51.2 Å². The predicted octanol–water partition coefficient (Wildman–Crippen LogP) is 3.79. The van der Waals surface area contributed by atoms with Gasteiger partial charge in [-0.3, -0.25) is 9.59 Å². The fourth-order valence-electron chi connectivity index (χ4n) is 3.42. The summed E-state index contributed by atoms with van der Waals surface area (Å²) in [6, 6.07) is 13.6. The van der Waals surface area contributed by atoms with Gasteiger partial charge in [-0.05, 0) is 47.9 Å². The first kappa shape index (κ1) is 27.0. The molecule has 2 aromatic carbocycles. The highest BCUT2D eigenvalue weighted by Crippen LogP contribution is 2.22. The Bertz CT molecular complexity index is 1180. The van der Waals surface area contributed by atoms with E-state index in [1.54, 1.807) is 42.0 Å². The molecule has 1 aromatic heterocycles. The molecule has 10 heteroatoms. The monoisotopic (exact) mass is 509 g/mol. The minimum Gasteiger partial charge on any atom is -0.497 e. The molecular weight excluding hydrogens is 478 g/mol. The highest BCUT2D eigenvalue weighted by atomic mass is 32.2. The lowest BCUT2D eigenvalue weighted by Gasteiger charge is -2.17. The smallest absolute Gasteiger partial charge is 0.251 e. The number of nitrogens with one attached hydrogen (secondary N) is 2. The molecule has 0 aliphatic rings. The quantitative estimate of drug-likeness (QED) is 0.251. The Morgan fingerprint density at radius 2 is 1.83 bits per heavy atom. The Balaban J connectivity index is 1.67. The molecule has 0 saturated heterocycles. The van der Waals surface area contributed by atoms with Crippen molar-refractivity contribution in [2.75, 3.05) is 24.8 Å². The summed E-state index contributed by atoms with van der Waals surface area (Å²) in [5.41, 5.74) is 2.33. The molecule has 1 atom stereocenters. The second-order valence-electron chi connectivity index (χ2n) is 8.29. The standard InChI is InChI=1S/C26H31N5O4S/c1-5-14-31-24(22(15-32)28-25(34)19-8-12-21(35-4)13-9-19)29-30-26(31)36-16-23(33)27-20-10-6-18(7-11-20)17(2)3/h5-13,17,22,32H,1,14-16H2,2-4H3,(H,27,33)(H,28,34)/t22-/m0/s1. The topological polar surface area (TPSA) is 118 Å². The van der Waals surface area contributed by atoms with Crippen LogP contribution in [0.2, 0.25) is 0 Å². The SMILES string of the molecule is C=CCn1c(SCC(=O)Nc2ccc(C(C)C)cc2)nnc1[C@H](CO)NC(=O)c1ccc(OC)cc1. The molecule has 190 valence electrons. The van der Waals surface area contributed by atoms with Gasteiger partial charge in [0.05, 0.1) is 19.5 Å². The minimum atomic E-state index is -0.797. The number of benzene rings is 2. The van der Waals surface area contributed by atoms with Gasteiger partial charge in [-0.15, -0.1) is 16.8 Å². The summed E-state index contributed by atoms with van der Waals surface area (Å²) >= 11 is 1.21. The number of anilines is 1. The maximum absolute atomic E-state index is 12.7. The van der Waals surface area contributed by atoms with Crippen LogP contribution in [0.1, 0.15) is 47.6 Å². The summed E-state index contributed by atoms with van der Waals surface area (Å²) in [5, 5.41) is 24.5. The van der Waals surface area contributed by atoms with Crippen LogP contribution in [0.4, 0.5) is 5.69 Å². The summed E-state index contributed by atoms with van der Waals surface area (Å²) in [6.07, 6.45) is 1.66. The van der Waals surface area contributed by atoms with Crippen molar-refractivity contribution in [1.29, 1.82) is 0 Å². The third-order valence-corrected chi connectivity index (χ3v) is 6.37. The average Bonchev–Trinajstić information content (AvgIpc) is 3.28. The molecule has 0 aliphatic heterocycles. The lowest BCUT2D eigenvalue weighted by molar-refractivity contribution is -0.113. The van der Waals surface area contributed by atoms with Crippen LogP contribution in [0.15, 0.2) is 66.3 Å². The van der Waals surface area contributed by atoms with E-state index in [4.69, 9.17) is 4.74 Å². The van der Waals surface area contributed by atoms with Crippen LogP contribution >= 0.6 is 11.8 Å². The second-order valence-corrected chi connectivity index (χ2v) is 9.23. The Morgan fingerprint density at radius 1 is 1.14 bits per heavy atom. The van der Waals surface area contributed by atoms with Crippen LogP contribution in [0.3, 0.4) is 0 Å². The van der Waals surface area contributed by atoms with E-state index in [-0.39, 0.29) is 24.2 Å². The number of hydrogen-bond donors (Lipinski definition) is 3. The minimum absolute atomic E-state index is 0.114. The third-order valence-electron chi connectivity index (χ3n) is 5.40. The number of rotatable bonds is 12. The molecule has 3 aromatic rings. The van der Waals surface area contributed by atoms with E-state index in [1.807, 2.05) is 24.3 Å². The van der Waals surface area contributed by atoms with Crippen molar-refractivity contribution >= 4 is 29.3 Å². The molecule has 0 radical (unpaired) electrons. The van der Waals surface area contributed by atoms with Gasteiger partial charge in [-0.25, -0.2) is 0 Å². The zero-order valence-corrected chi connectivity index (χ0v) is 21.4. The van der Waals surface area contributed by atoms with Gasteiger partial charge >= 0.3 is 0 Å². The largest absolute Gasteiger partial charge is 0.497 e. The van der Waals surface area contributed by atoms with Crippen LogP contribution in [-0.2, 0) is 11.3 Å². The first-order valence-corrected chi connectivity index (χ1v) is 12.5. The normalized spacial score (nSPS) is 11.7. The first-order valence-electron chi connectivity index (χ1n) is 11.5. The molecule has 9 nitrogen and oxygen atoms in total. The Labute approximate surface area is 215 Å². The number of thioether (sulfide) groups is 1. The molecule has 0 unspecified atom stereocenters. The molecule has 0 aliphatic carbocycles. The number of methoxy groups -OCH3 is 1. The van der Waals surface area contributed by atoms with E-state index in [0.717, 1.165) is 5.69 Å². The number of carbonyl (C=O) groups is 2. The average molecular weight is 510 g/mol. The van der Waals surface area contributed by atoms with E-state index < -0.39 is 6.04 Å². The summed E-state index contributed by atoms with van der Waals surface area (Å²) < 4.78 is 6.84. The lowest BCUT2D eigenvalue weighted by atomic mass is 10.0. The van der Waals surface area contributed by atoms with Gasteiger partial charge < -0.3 is 25.0 Å². The molecular formula is C26H31N5O4S. The van der Waals surface area contributed by atoms with Gasteiger partial charge in [0.1, 0.15) is 11.8 Å². The highest BCUT2D eigenvalue weighted by Gasteiger charge is 2.23. The number of aromatic nitrogens is 3. The molecule has 3 N–H and O–H groups in total. The maximum atomic E-state index is 12.7. The number of nitrogens with zero attached hydrogens (tertiary/aromatic N) is 3. The predicted molar refractivity (Wildman–Crippen MR) is 140 cm³/mol. The summed E-state index contributed by atoms with van der Waals surface area (Å²) in [6.45, 7) is 7.97. The van der Waals surface area contributed by atoms with Crippen LogP contribution < -0.4 is 15.4 Å². The number of amides is 2.